The number of nitrogens with zero attached hydrogens (tertiary/aromatic N) is 2. The zero-order chi connectivity index (χ0) is 21.3. The molecular weight excluding hydrogens is 388 g/mol. The number of piperazine rings is 1. The highest BCUT2D eigenvalue weighted by molar-refractivity contribution is 5.80. The quantitative estimate of drug-likeness (QED) is 0.612. The molecule has 1 saturated heterocycles. The van der Waals surface area contributed by atoms with Gasteiger partial charge in [0.05, 0.1) is 0 Å². The van der Waals surface area contributed by atoms with Crippen LogP contribution in [0.15, 0.2) is 48.5 Å². The minimum atomic E-state index is -0.159. The molecule has 0 radical (unpaired) electrons. The maximum Gasteiger partial charge on any atom is 0.260 e. The van der Waals surface area contributed by atoms with Gasteiger partial charge in [0.25, 0.3) is 11.8 Å². The monoisotopic (exact) mass is 410 g/mol. The molecule has 0 spiro atoms. The molecule has 0 saturated carbocycles. The van der Waals surface area contributed by atoms with Crippen molar-refractivity contribution in [3.63, 3.8) is 0 Å². The highest BCUT2D eigenvalue weighted by atomic mass is 16.5. The first kappa shape index (κ1) is 21.0. The fourth-order valence-corrected chi connectivity index (χ4v) is 2.96. The van der Waals surface area contributed by atoms with Crippen LogP contribution in [0.25, 0.3) is 0 Å². The molecule has 1 heterocycles. The molecule has 0 bridgehead atoms. The first-order chi connectivity index (χ1) is 14.6. The standard InChI is InChI=1S/C22H22N2O6/c25-13-17-1-5-19(6-2-17)29-15-21(27)23-9-11-24(12-10-23)22(28)16-30-20-7-3-18(14-26)4-8-20/h1-8,13-14H,9-12,15-16H2. The van der Waals surface area contributed by atoms with Crippen LogP contribution in [0.2, 0.25) is 0 Å². The van der Waals surface area contributed by atoms with Crippen molar-refractivity contribution in [1.29, 1.82) is 0 Å². The van der Waals surface area contributed by atoms with Crippen LogP contribution in [-0.4, -0.2) is 73.6 Å². The van der Waals surface area contributed by atoms with E-state index in [0.717, 1.165) is 12.6 Å². The van der Waals surface area contributed by atoms with E-state index in [4.69, 9.17) is 9.47 Å². The summed E-state index contributed by atoms with van der Waals surface area (Å²) in [5.74, 6) is 0.711. The Morgan fingerprint density at radius 3 is 1.30 bits per heavy atom. The van der Waals surface area contributed by atoms with E-state index in [1.165, 1.54) is 0 Å². The van der Waals surface area contributed by atoms with E-state index >= 15 is 0 Å². The molecule has 0 N–H and O–H groups in total. The van der Waals surface area contributed by atoms with Gasteiger partial charge in [0.2, 0.25) is 0 Å². The van der Waals surface area contributed by atoms with Crippen LogP contribution in [0.3, 0.4) is 0 Å². The number of carbonyl (C=O) groups is 4. The van der Waals surface area contributed by atoms with Gasteiger partial charge in [-0.15, -0.1) is 0 Å². The molecular formula is C22H22N2O6. The third-order valence-corrected chi connectivity index (χ3v) is 4.74. The summed E-state index contributed by atoms with van der Waals surface area (Å²) < 4.78 is 10.9. The van der Waals surface area contributed by atoms with Crippen LogP contribution < -0.4 is 9.47 Å². The minimum absolute atomic E-state index is 0.103. The van der Waals surface area contributed by atoms with Gasteiger partial charge in [-0.1, -0.05) is 0 Å². The predicted octanol–water partition coefficient (Wildman–Crippen LogP) is 1.44. The highest BCUT2D eigenvalue weighted by Gasteiger charge is 2.24. The van der Waals surface area contributed by atoms with Gasteiger partial charge in [0.1, 0.15) is 24.1 Å². The Morgan fingerprint density at radius 1 is 0.667 bits per heavy atom. The molecule has 1 aliphatic rings. The number of aldehydes is 2. The lowest BCUT2D eigenvalue weighted by Gasteiger charge is -2.34. The van der Waals surface area contributed by atoms with E-state index in [2.05, 4.69) is 0 Å². The van der Waals surface area contributed by atoms with Gasteiger partial charge in [0.15, 0.2) is 13.2 Å². The van der Waals surface area contributed by atoms with Crippen LogP contribution >= 0.6 is 0 Å². The van der Waals surface area contributed by atoms with Gasteiger partial charge in [-0.3, -0.25) is 19.2 Å². The van der Waals surface area contributed by atoms with Crippen molar-refractivity contribution in [2.24, 2.45) is 0 Å². The largest absolute Gasteiger partial charge is 0.484 e. The van der Waals surface area contributed by atoms with E-state index in [0.29, 0.717) is 48.8 Å². The number of ether oxygens (including phenoxy) is 2. The normalized spacial score (nSPS) is 13.5. The van der Waals surface area contributed by atoms with Crippen LogP contribution in [0.1, 0.15) is 20.7 Å². The summed E-state index contributed by atoms with van der Waals surface area (Å²) in [7, 11) is 0. The second-order valence-electron chi connectivity index (χ2n) is 6.71. The summed E-state index contributed by atoms with van der Waals surface area (Å²) in [6.45, 7) is 1.48. The fourth-order valence-electron chi connectivity index (χ4n) is 2.96. The molecule has 8 heteroatoms. The van der Waals surface area contributed by atoms with Crippen molar-refractivity contribution in [3.05, 3.63) is 59.7 Å². The first-order valence-electron chi connectivity index (χ1n) is 9.50. The van der Waals surface area contributed by atoms with Gasteiger partial charge in [0, 0.05) is 37.3 Å². The lowest BCUT2D eigenvalue weighted by atomic mass is 10.2. The minimum Gasteiger partial charge on any atom is -0.484 e. The van der Waals surface area contributed by atoms with Crippen molar-refractivity contribution in [2.45, 2.75) is 0 Å². The number of hydrogen-bond donors (Lipinski definition) is 0. The molecule has 30 heavy (non-hydrogen) atoms. The summed E-state index contributed by atoms with van der Waals surface area (Å²) in [5.41, 5.74) is 1.08. The molecule has 1 fully saturated rings. The van der Waals surface area contributed by atoms with E-state index < -0.39 is 0 Å². The maximum atomic E-state index is 12.3. The third-order valence-electron chi connectivity index (χ3n) is 4.74. The Kier molecular flexibility index (Phi) is 7.15. The lowest BCUT2D eigenvalue weighted by molar-refractivity contribution is -0.141. The Morgan fingerprint density at radius 2 is 1.00 bits per heavy atom. The van der Waals surface area contributed by atoms with Crippen LogP contribution in [0.4, 0.5) is 0 Å². The maximum absolute atomic E-state index is 12.3. The SMILES string of the molecule is O=Cc1ccc(OCC(=O)N2CCN(C(=O)COc3ccc(C=O)cc3)CC2)cc1. The van der Waals surface area contributed by atoms with Crippen LogP contribution in [-0.2, 0) is 9.59 Å². The topological polar surface area (TPSA) is 93.2 Å². The van der Waals surface area contributed by atoms with Crippen LogP contribution in [0, 0.1) is 0 Å². The average Bonchev–Trinajstić information content (AvgIpc) is 2.81. The molecule has 0 aromatic heterocycles. The number of benzene rings is 2. The molecule has 156 valence electrons. The number of rotatable bonds is 8. The molecule has 1 aliphatic heterocycles. The Bertz CT molecular complexity index is 811. The van der Waals surface area contributed by atoms with Crippen molar-refractivity contribution in [2.75, 3.05) is 39.4 Å². The summed E-state index contributed by atoms with van der Waals surface area (Å²) >= 11 is 0. The van der Waals surface area contributed by atoms with Crippen molar-refractivity contribution < 1.29 is 28.7 Å². The van der Waals surface area contributed by atoms with Gasteiger partial charge in [-0.2, -0.15) is 0 Å². The number of hydrogen-bond acceptors (Lipinski definition) is 6. The van der Waals surface area contributed by atoms with Gasteiger partial charge >= 0.3 is 0 Å². The summed E-state index contributed by atoms with van der Waals surface area (Å²) in [6, 6.07) is 13.0. The molecule has 2 aromatic rings. The van der Waals surface area contributed by atoms with Gasteiger partial charge in [-0.25, -0.2) is 0 Å². The van der Waals surface area contributed by atoms with Crippen molar-refractivity contribution in [1.82, 2.24) is 9.80 Å². The molecule has 0 atom stereocenters. The van der Waals surface area contributed by atoms with E-state index in [-0.39, 0.29) is 25.0 Å². The van der Waals surface area contributed by atoms with E-state index in [1.807, 2.05) is 0 Å². The Balaban J connectivity index is 1.39. The van der Waals surface area contributed by atoms with Gasteiger partial charge < -0.3 is 19.3 Å². The molecule has 2 amide bonds. The lowest BCUT2D eigenvalue weighted by Crippen LogP contribution is -2.52. The smallest absolute Gasteiger partial charge is 0.260 e. The summed E-state index contributed by atoms with van der Waals surface area (Å²) in [5, 5.41) is 0. The Labute approximate surface area is 174 Å². The zero-order valence-electron chi connectivity index (χ0n) is 16.4. The zero-order valence-corrected chi connectivity index (χ0v) is 16.4. The van der Waals surface area contributed by atoms with Crippen molar-refractivity contribution in [3.8, 4) is 11.5 Å². The average molecular weight is 410 g/mol. The van der Waals surface area contributed by atoms with Crippen LogP contribution in [0.5, 0.6) is 11.5 Å². The van der Waals surface area contributed by atoms with Gasteiger partial charge in [-0.05, 0) is 48.5 Å². The second-order valence-corrected chi connectivity index (χ2v) is 6.71. The molecule has 2 aromatic carbocycles. The second kappa shape index (κ2) is 10.2. The third kappa shape index (κ3) is 5.66. The molecule has 3 rings (SSSR count). The number of carbonyl (C=O) groups excluding carboxylic acids is 4. The molecule has 8 nitrogen and oxygen atoms in total. The highest BCUT2D eigenvalue weighted by Crippen LogP contribution is 2.13. The summed E-state index contributed by atoms with van der Waals surface area (Å²) in [6.07, 6.45) is 1.48. The predicted molar refractivity (Wildman–Crippen MR) is 108 cm³/mol. The summed E-state index contributed by atoms with van der Waals surface area (Å²) in [4.78, 5) is 49.3. The Hall–Kier alpha value is -3.68. The fraction of sp³-hybridized carbons (Fsp3) is 0.273. The van der Waals surface area contributed by atoms with E-state index in [9.17, 15) is 19.2 Å². The molecule has 0 unspecified atom stereocenters. The molecule has 0 aliphatic carbocycles. The first-order valence-corrected chi connectivity index (χ1v) is 9.50. The number of amides is 2. The van der Waals surface area contributed by atoms with Crippen molar-refractivity contribution >= 4 is 24.4 Å². The van der Waals surface area contributed by atoms with E-state index in [1.54, 1.807) is 58.3 Å².